The zero-order valence-electron chi connectivity index (χ0n) is 23.3. The molecule has 0 aromatic heterocycles. The topological polar surface area (TPSA) is 96.0 Å². The van der Waals surface area contributed by atoms with Crippen LogP contribution in [-0.2, 0) is 26.2 Å². The molecule has 0 unspecified atom stereocenters. The number of carbonyl (C=O) groups is 2. The Bertz CT molecular complexity index is 1400. The molecule has 0 fully saturated rings. The number of hydrogen-bond donors (Lipinski definition) is 1. The van der Waals surface area contributed by atoms with Crippen molar-refractivity contribution in [2.45, 2.75) is 51.1 Å². The average Bonchev–Trinajstić information content (AvgIpc) is 2.95. The monoisotopic (exact) mass is 585 g/mol. The van der Waals surface area contributed by atoms with E-state index in [1.807, 2.05) is 45.0 Å². The van der Waals surface area contributed by atoms with Gasteiger partial charge in [0.15, 0.2) is 0 Å². The van der Waals surface area contributed by atoms with Crippen LogP contribution in [0.4, 0.5) is 5.69 Å². The van der Waals surface area contributed by atoms with Gasteiger partial charge in [0.05, 0.1) is 22.7 Å². The van der Waals surface area contributed by atoms with E-state index in [-0.39, 0.29) is 28.1 Å². The summed E-state index contributed by atoms with van der Waals surface area (Å²) in [6.45, 7) is 5.81. The highest BCUT2D eigenvalue weighted by molar-refractivity contribution is 7.92. The smallest absolute Gasteiger partial charge is 0.264 e. The number of ether oxygens (including phenoxy) is 1. The van der Waals surface area contributed by atoms with E-state index < -0.39 is 28.5 Å². The van der Waals surface area contributed by atoms with Crippen LogP contribution in [0.5, 0.6) is 5.75 Å². The zero-order valence-corrected chi connectivity index (χ0v) is 24.8. The third-order valence-electron chi connectivity index (χ3n) is 6.44. The van der Waals surface area contributed by atoms with Crippen LogP contribution < -0.4 is 14.4 Å². The van der Waals surface area contributed by atoms with Crippen LogP contribution in [0.2, 0.25) is 5.02 Å². The van der Waals surface area contributed by atoms with Crippen LogP contribution in [0.15, 0.2) is 77.7 Å². The van der Waals surface area contributed by atoms with E-state index in [0.29, 0.717) is 18.7 Å². The van der Waals surface area contributed by atoms with Crippen molar-refractivity contribution >= 4 is 39.1 Å². The number of nitrogens with zero attached hydrogens (tertiary/aromatic N) is 2. The molecule has 0 saturated carbocycles. The largest absolute Gasteiger partial charge is 0.495 e. The summed E-state index contributed by atoms with van der Waals surface area (Å²) in [4.78, 5) is 28.7. The minimum atomic E-state index is -4.18. The minimum absolute atomic E-state index is 0.0209. The molecule has 0 radical (unpaired) electrons. The van der Waals surface area contributed by atoms with Gasteiger partial charge in [-0.15, -0.1) is 0 Å². The van der Waals surface area contributed by atoms with E-state index in [0.717, 1.165) is 21.9 Å². The summed E-state index contributed by atoms with van der Waals surface area (Å²) in [7, 11) is -2.72. The number of amides is 2. The predicted octanol–water partition coefficient (Wildman–Crippen LogP) is 5.19. The molecule has 3 aromatic carbocycles. The molecule has 1 atom stereocenters. The summed E-state index contributed by atoms with van der Waals surface area (Å²) in [6, 6.07) is 19.3. The first-order valence-electron chi connectivity index (χ1n) is 13.2. The van der Waals surface area contributed by atoms with Crippen molar-refractivity contribution in [1.82, 2.24) is 10.2 Å². The lowest BCUT2D eigenvalue weighted by Gasteiger charge is -2.33. The Morgan fingerprint density at radius 2 is 1.68 bits per heavy atom. The van der Waals surface area contributed by atoms with Crippen molar-refractivity contribution in [3.8, 4) is 5.75 Å². The van der Waals surface area contributed by atoms with E-state index in [9.17, 15) is 18.0 Å². The quantitative estimate of drug-likeness (QED) is 0.298. The first-order valence-corrected chi connectivity index (χ1v) is 15.0. The number of anilines is 1. The fraction of sp³-hybridized carbons (Fsp3) is 0.333. The molecule has 0 aliphatic carbocycles. The van der Waals surface area contributed by atoms with Crippen molar-refractivity contribution in [1.29, 1.82) is 0 Å². The van der Waals surface area contributed by atoms with Gasteiger partial charge in [0.25, 0.3) is 10.0 Å². The number of hydrogen-bond acceptors (Lipinski definition) is 5. The van der Waals surface area contributed by atoms with Crippen LogP contribution in [0.25, 0.3) is 0 Å². The molecular weight excluding hydrogens is 550 g/mol. The van der Waals surface area contributed by atoms with Gasteiger partial charge in [-0.05, 0) is 55.7 Å². The Morgan fingerprint density at radius 1 is 1.00 bits per heavy atom. The lowest BCUT2D eigenvalue weighted by molar-refractivity contribution is -0.140. The maximum atomic E-state index is 14.0. The predicted molar refractivity (Wildman–Crippen MR) is 158 cm³/mol. The van der Waals surface area contributed by atoms with E-state index in [4.69, 9.17) is 16.3 Å². The van der Waals surface area contributed by atoms with Gasteiger partial charge >= 0.3 is 0 Å². The van der Waals surface area contributed by atoms with E-state index in [1.165, 1.54) is 36.3 Å². The third kappa shape index (κ3) is 7.55. The first kappa shape index (κ1) is 31.0. The second-order valence-corrected chi connectivity index (χ2v) is 11.6. The average molecular weight is 586 g/mol. The van der Waals surface area contributed by atoms with Gasteiger partial charge < -0.3 is 15.0 Å². The Morgan fingerprint density at radius 3 is 2.25 bits per heavy atom. The van der Waals surface area contributed by atoms with Crippen LogP contribution in [0, 0.1) is 6.92 Å². The summed E-state index contributed by atoms with van der Waals surface area (Å²) >= 11 is 6.36. The molecule has 0 spiro atoms. The van der Waals surface area contributed by atoms with Crippen LogP contribution in [-0.4, -0.2) is 51.4 Å². The summed E-state index contributed by atoms with van der Waals surface area (Å²) in [5.74, 6) is -0.436. The lowest BCUT2D eigenvalue weighted by atomic mass is 10.1. The van der Waals surface area contributed by atoms with Gasteiger partial charge in [0.2, 0.25) is 11.8 Å². The van der Waals surface area contributed by atoms with Crippen molar-refractivity contribution in [2.75, 3.05) is 24.5 Å². The number of rotatable bonds is 13. The molecule has 3 aromatic rings. The Kier molecular flexibility index (Phi) is 11.0. The molecule has 3 rings (SSSR count). The molecular formula is C30H36ClN3O5S. The van der Waals surface area contributed by atoms with E-state index in [2.05, 4.69) is 5.32 Å². The van der Waals surface area contributed by atoms with Crippen molar-refractivity contribution in [3.05, 3.63) is 88.9 Å². The first-order chi connectivity index (χ1) is 19.1. The van der Waals surface area contributed by atoms with Gasteiger partial charge in [-0.25, -0.2) is 8.42 Å². The molecule has 2 amide bonds. The van der Waals surface area contributed by atoms with E-state index in [1.54, 1.807) is 24.3 Å². The second-order valence-electron chi connectivity index (χ2n) is 9.37. The molecule has 10 heteroatoms. The normalized spacial score (nSPS) is 11.9. The highest BCUT2D eigenvalue weighted by Crippen LogP contribution is 2.32. The zero-order chi connectivity index (χ0) is 29.3. The molecule has 0 aliphatic heterocycles. The molecule has 0 aliphatic rings. The summed E-state index contributed by atoms with van der Waals surface area (Å²) < 4.78 is 34.0. The van der Waals surface area contributed by atoms with Crippen LogP contribution in [0.3, 0.4) is 0 Å². The standard InChI is InChI=1S/C30H36ClN3O5S/c1-5-18-32-30(36)27(6-2)33(20-23-14-12-22(3)13-15-23)29(35)21-34(24-16-17-28(39-4)26(31)19-24)40(37,38)25-10-8-7-9-11-25/h7-17,19,27H,5-6,18,20-21H2,1-4H3,(H,32,36)/t27-/m1/s1. The number of methoxy groups -OCH3 is 1. The molecule has 8 nitrogen and oxygen atoms in total. The summed E-state index contributed by atoms with van der Waals surface area (Å²) in [6.07, 6.45) is 1.10. The number of benzene rings is 3. The van der Waals surface area contributed by atoms with Gasteiger partial charge in [0.1, 0.15) is 18.3 Å². The number of carbonyl (C=O) groups excluding carboxylic acids is 2. The fourth-order valence-corrected chi connectivity index (χ4v) is 5.91. The number of sulfonamides is 1. The molecule has 40 heavy (non-hydrogen) atoms. The molecule has 0 saturated heterocycles. The third-order valence-corrected chi connectivity index (χ3v) is 8.53. The SMILES string of the molecule is CCCNC(=O)[C@@H](CC)N(Cc1ccc(C)cc1)C(=O)CN(c1ccc(OC)c(Cl)c1)S(=O)(=O)c1ccccc1. The minimum Gasteiger partial charge on any atom is -0.495 e. The van der Waals surface area contributed by atoms with Gasteiger partial charge in [-0.3, -0.25) is 13.9 Å². The molecule has 0 heterocycles. The Hall–Kier alpha value is -3.56. The van der Waals surface area contributed by atoms with Gasteiger partial charge in [-0.2, -0.15) is 0 Å². The van der Waals surface area contributed by atoms with E-state index >= 15 is 0 Å². The number of halogens is 1. The molecule has 0 bridgehead atoms. The Balaban J connectivity index is 2.07. The summed E-state index contributed by atoms with van der Waals surface area (Å²) in [5.41, 5.74) is 2.08. The van der Waals surface area contributed by atoms with Gasteiger partial charge in [-0.1, -0.05) is 73.5 Å². The maximum Gasteiger partial charge on any atom is 0.264 e. The van der Waals surface area contributed by atoms with Gasteiger partial charge in [0, 0.05) is 13.1 Å². The van der Waals surface area contributed by atoms with Crippen LogP contribution >= 0.6 is 11.6 Å². The summed E-state index contributed by atoms with van der Waals surface area (Å²) in [5, 5.41) is 3.08. The maximum absolute atomic E-state index is 14.0. The van der Waals surface area contributed by atoms with Crippen molar-refractivity contribution < 1.29 is 22.7 Å². The van der Waals surface area contributed by atoms with Crippen molar-refractivity contribution in [3.63, 3.8) is 0 Å². The second kappa shape index (κ2) is 14.2. The van der Waals surface area contributed by atoms with Crippen LogP contribution in [0.1, 0.15) is 37.8 Å². The molecule has 214 valence electrons. The van der Waals surface area contributed by atoms with Crippen molar-refractivity contribution in [2.24, 2.45) is 0 Å². The molecule has 1 N–H and O–H groups in total. The number of aryl methyl sites for hydroxylation is 1. The highest BCUT2D eigenvalue weighted by atomic mass is 35.5. The fourth-order valence-electron chi connectivity index (χ4n) is 4.23. The Labute approximate surface area is 241 Å². The highest BCUT2D eigenvalue weighted by Gasteiger charge is 2.33. The number of nitrogens with one attached hydrogen (secondary N) is 1. The lowest BCUT2D eigenvalue weighted by Crippen LogP contribution is -2.52.